The van der Waals surface area contributed by atoms with Crippen molar-refractivity contribution in [1.29, 1.82) is 0 Å². The maximum absolute atomic E-state index is 8.39. The predicted molar refractivity (Wildman–Crippen MR) is 170 cm³/mol. The van der Waals surface area contributed by atoms with Crippen molar-refractivity contribution in [2.24, 2.45) is 0 Å². The summed E-state index contributed by atoms with van der Waals surface area (Å²) in [6, 6.07) is 27.5. The summed E-state index contributed by atoms with van der Waals surface area (Å²) in [5.41, 5.74) is 3.44. The van der Waals surface area contributed by atoms with E-state index in [4.69, 9.17) is 19.1 Å². The maximum Gasteiger partial charge on any atom is 0.166 e. The van der Waals surface area contributed by atoms with Crippen LogP contribution in [-0.2, 0) is 20.1 Å². The number of rotatable bonds is 4. The average Bonchev–Trinajstić information content (AvgIpc) is 3.02. The van der Waals surface area contributed by atoms with Crippen molar-refractivity contribution < 1.29 is 39.2 Å². The Morgan fingerprint density at radius 3 is 2.21 bits per heavy atom. The third-order valence-corrected chi connectivity index (χ3v) is 8.64. The van der Waals surface area contributed by atoms with Gasteiger partial charge in [0.25, 0.3) is 0 Å². The summed E-state index contributed by atoms with van der Waals surface area (Å²) in [6.45, 7) is 5.72. The molecule has 6 heteroatoms. The van der Waals surface area contributed by atoms with Crippen LogP contribution < -0.4 is 14.7 Å². The number of aryl methyl sites for hydroxylation is 2. The molecule has 1 aliphatic rings. The molecule has 0 saturated heterocycles. The van der Waals surface area contributed by atoms with Crippen LogP contribution in [0.15, 0.2) is 85.2 Å². The van der Waals surface area contributed by atoms with Crippen LogP contribution in [0.5, 0.6) is 23.0 Å². The predicted octanol–water partition coefficient (Wildman–Crippen LogP) is 9.28. The standard InChI is InChI=1S/C21H18NO2.C15H18NSi.Ir/c1-13(2)16-11-17(22-12-14(16)3)15-7-6-10-20-21(15)24-19-9-5-4-8-18(19)23-20;1-12-5-7-13(8-6-12)15-10-9-14(11-16-15)17(2,3)4;/h4-6,8-13H,1-3H3;5-7,9-11H,1-4H3;/q2*-1;/i3D3,13D;1D3;. The van der Waals surface area contributed by atoms with Gasteiger partial charge in [-0.05, 0) is 52.6 Å². The monoisotopic (exact) mass is 756 g/mol. The first-order valence-electron chi connectivity index (χ1n) is 16.8. The second kappa shape index (κ2) is 13.2. The molecule has 0 N–H and O–H groups in total. The molecule has 0 amide bonds. The van der Waals surface area contributed by atoms with Gasteiger partial charge in [0.2, 0.25) is 0 Å². The zero-order chi connectivity index (χ0) is 35.1. The van der Waals surface area contributed by atoms with E-state index in [1.54, 1.807) is 50.2 Å². The topological polar surface area (TPSA) is 44.2 Å². The van der Waals surface area contributed by atoms with Crippen LogP contribution in [0.4, 0.5) is 0 Å². The zero-order valence-electron chi connectivity index (χ0n) is 31.1. The number of benzene rings is 3. The molecule has 42 heavy (non-hydrogen) atoms. The smallest absolute Gasteiger partial charge is 0.166 e. The van der Waals surface area contributed by atoms with Gasteiger partial charge in [-0.2, -0.15) is 0 Å². The van der Waals surface area contributed by atoms with E-state index in [1.807, 2.05) is 30.5 Å². The van der Waals surface area contributed by atoms with Gasteiger partial charge in [-0.3, -0.25) is 0 Å². The van der Waals surface area contributed by atoms with Gasteiger partial charge in [-0.25, -0.2) is 0 Å². The molecular formula is C36H36IrN2O2Si-2. The summed E-state index contributed by atoms with van der Waals surface area (Å²) in [7, 11) is -1.34. The fraction of sp³-hybridized carbons (Fsp3) is 0.222. The minimum Gasteiger partial charge on any atom is -0.494 e. The largest absolute Gasteiger partial charge is 0.494 e. The molecule has 4 nitrogen and oxygen atoms in total. The van der Waals surface area contributed by atoms with Crippen molar-refractivity contribution in [1.82, 2.24) is 9.97 Å². The Bertz CT molecular complexity index is 1860. The summed E-state index contributed by atoms with van der Waals surface area (Å²) in [5, 5.41) is 1.31. The zero-order valence-corrected chi connectivity index (χ0v) is 27.5. The Morgan fingerprint density at radius 1 is 0.833 bits per heavy atom. The molecule has 217 valence electrons. The van der Waals surface area contributed by atoms with Gasteiger partial charge in [-0.1, -0.05) is 82.3 Å². The van der Waals surface area contributed by atoms with Crippen LogP contribution in [0, 0.1) is 25.8 Å². The quantitative estimate of drug-likeness (QED) is 0.133. The normalized spacial score (nSPS) is 14.9. The molecule has 1 radical (unpaired) electrons. The number of nitrogens with zero attached hydrogens (tertiary/aromatic N) is 2. The first kappa shape index (κ1) is 23.0. The minimum absolute atomic E-state index is 0. The molecule has 5 aromatic rings. The van der Waals surface area contributed by atoms with Gasteiger partial charge in [0.1, 0.15) is 0 Å². The minimum atomic E-state index is -2.35. The van der Waals surface area contributed by atoms with E-state index in [9.17, 15) is 0 Å². The SMILES string of the molecule is [2H]C([2H])([2H])c1c[c-]c(-c2ccc([Si](C)(C)C)cn2)cc1.[2H]C([2H])([2H])c1cnc(-c2[c-]ccc3c2Oc2ccccc2O3)cc1C([2H])(C)C.[Ir]. The van der Waals surface area contributed by atoms with Gasteiger partial charge < -0.3 is 19.4 Å². The second-order valence-corrected chi connectivity index (χ2v) is 16.1. The van der Waals surface area contributed by atoms with E-state index < -0.39 is 27.7 Å². The Hall–Kier alpha value is -3.57. The van der Waals surface area contributed by atoms with E-state index >= 15 is 0 Å². The number of aromatic nitrogens is 2. The molecule has 0 unspecified atom stereocenters. The number of hydrogen-bond donors (Lipinski definition) is 0. The molecule has 0 saturated carbocycles. The molecule has 0 fully saturated rings. The van der Waals surface area contributed by atoms with E-state index in [1.165, 1.54) is 17.4 Å². The summed E-state index contributed by atoms with van der Waals surface area (Å²) in [6.07, 6.45) is 3.24. The van der Waals surface area contributed by atoms with Gasteiger partial charge in [-0.15, -0.1) is 47.5 Å². The third-order valence-electron chi connectivity index (χ3n) is 6.61. The Labute approximate surface area is 274 Å². The van der Waals surface area contributed by atoms with Crippen molar-refractivity contribution in [2.45, 2.75) is 53.1 Å². The van der Waals surface area contributed by atoms with E-state index in [-0.39, 0.29) is 25.7 Å². The molecule has 3 heterocycles. The Kier molecular flexibility index (Phi) is 7.19. The summed E-state index contributed by atoms with van der Waals surface area (Å²) in [4.78, 5) is 8.81. The van der Waals surface area contributed by atoms with Crippen LogP contribution in [0.25, 0.3) is 22.5 Å². The summed E-state index contributed by atoms with van der Waals surface area (Å²) >= 11 is 0. The molecule has 0 aliphatic carbocycles. The molecule has 2 aromatic heterocycles. The fourth-order valence-electron chi connectivity index (χ4n) is 4.27. The van der Waals surface area contributed by atoms with E-state index in [0.29, 0.717) is 45.4 Å². The van der Waals surface area contributed by atoms with Crippen molar-refractivity contribution in [3.8, 4) is 45.5 Å². The van der Waals surface area contributed by atoms with Crippen LogP contribution in [-0.4, -0.2) is 18.0 Å². The summed E-state index contributed by atoms with van der Waals surface area (Å²) < 4.78 is 65.7. The molecule has 6 rings (SSSR count). The molecule has 3 aromatic carbocycles. The van der Waals surface area contributed by atoms with Crippen LogP contribution >= 0.6 is 0 Å². The molecule has 0 atom stereocenters. The van der Waals surface area contributed by atoms with Crippen LogP contribution in [0.2, 0.25) is 19.6 Å². The molecule has 0 spiro atoms. The number of ether oxygens (including phenoxy) is 2. The third kappa shape index (κ3) is 7.07. The summed E-state index contributed by atoms with van der Waals surface area (Å²) in [5.74, 6) is 1.08. The Balaban J connectivity index is 0.000000229. The van der Waals surface area contributed by atoms with Crippen LogP contribution in [0.1, 0.15) is 46.0 Å². The second-order valence-electron chi connectivity index (χ2n) is 11.0. The Morgan fingerprint density at radius 2 is 1.60 bits per heavy atom. The maximum atomic E-state index is 8.39. The van der Waals surface area contributed by atoms with Crippen molar-refractivity contribution in [3.63, 3.8) is 0 Å². The molecular weight excluding hydrogens is 713 g/mol. The average molecular weight is 756 g/mol. The van der Waals surface area contributed by atoms with Crippen LogP contribution in [0.3, 0.4) is 0 Å². The van der Waals surface area contributed by atoms with Gasteiger partial charge in [0.15, 0.2) is 11.5 Å². The first-order valence-corrected chi connectivity index (χ1v) is 16.8. The van der Waals surface area contributed by atoms with Crippen molar-refractivity contribution >= 4 is 13.3 Å². The number of hydrogen-bond acceptors (Lipinski definition) is 4. The number of fused-ring (bicyclic) bond motifs is 2. The first-order chi connectivity index (χ1) is 22.3. The van der Waals surface area contributed by atoms with Gasteiger partial charge in [0, 0.05) is 42.1 Å². The van der Waals surface area contributed by atoms with E-state index in [0.717, 1.165) is 11.3 Å². The van der Waals surface area contributed by atoms with Gasteiger partial charge >= 0.3 is 0 Å². The van der Waals surface area contributed by atoms with Crippen molar-refractivity contribution in [2.75, 3.05) is 0 Å². The number of pyridine rings is 2. The van der Waals surface area contributed by atoms with E-state index in [2.05, 4.69) is 47.8 Å². The molecule has 1 aliphatic heterocycles. The van der Waals surface area contributed by atoms with Crippen molar-refractivity contribution in [3.05, 3.63) is 114 Å². The fourth-order valence-corrected chi connectivity index (χ4v) is 5.31. The molecule has 0 bridgehead atoms. The number of para-hydroxylation sites is 2. The van der Waals surface area contributed by atoms with Gasteiger partial charge in [0.05, 0.1) is 19.6 Å².